The van der Waals surface area contributed by atoms with Crippen molar-refractivity contribution < 1.29 is 8.78 Å². The minimum absolute atomic E-state index is 0.358. The maximum atomic E-state index is 14.7. The second-order valence-corrected chi connectivity index (χ2v) is 7.00. The highest BCUT2D eigenvalue weighted by atomic mass is 19.2. The van der Waals surface area contributed by atoms with Crippen molar-refractivity contribution in [3.05, 3.63) is 71.3 Å². The summed E-state index contributed by atoms with van der Waals surface area (Å²) in [5, 5.41) is 1.12. The first kappa shape index (κ1) is 18.6. The molecule has 0 atom stereocenters. The molecule has 2 heteroatoms. The van der Waals surface area contributed by atoms with Gasteiger partial charge in [-0.2, -0.15) is 0 Å². The van der Waals surface area contributed by atoms with E-state index >= 15 is 0 Å². The highest BCUT2D eigenvalue weighted by Crippen LogP contribution is 2.30. The van der Waals surface area contributed by atoms with E-state index in [-0.39, 0.29) is 0 Å². The largest absolute Gasteiger partial charge is 0.203 e. The van der Waals surface area contributed by atoms with Gasteiger partial charge in [0.15, 0.2) is 11.6 Å². The predicted octanol–water partition coefficient (Wildman–Crippen LogP) is 7.47. The standard InChI is InChI=1S/C24H26F2/c1-3-5-6-8-21-15-20-14-13-19(16-22(20)24(26)23(21)25)18-11-9-17(7-4-2)10-12-18/h9-16H,3-8H2,1-2H3. The molecule has 136 valence electrons. The molecule has 3 rings (SSSR count). The number of unbranched alkanes of at least 4 members (excludes halogenated alkanes) is 2. The van der Waals surface area contributed by atoms with E-state index in [1.807, 2.05) is 12.1 Å². The summed E-state index contributed by atoms with van der Waals surface area (Å²) >= 11 is 0. The lowest BCUT2D eigenvalue weighted by Crippen LogP contribution is -1.97. The van der Waals surface area contributed by atoms with Crippen molar-refractivity contribution in [3.63, 3.8) is 0 Å². The molecule has 3 aromatic rings. The summed E-state index contributed by atoms with van der Waals surface area (Å²) in [7, 11) is 0. The Labute approximate surface area is 154 Å². The van der Waals surface area contributed by atoms with Crippen LogP contribution in [0, 0.1) is 11.6 Å². The van der Waals surface area contributed by atoms with Gasteiger partial charge in [-0.05, 0) is 59.0 Å². The number of halogens is 2. The van der Waals surface area contributed by atoms with Gasteiger partial charge in [-0.1, -0.05) is 69.5 Å². The van der Waals surface area contributed by atoms with Crippen LogP contribution >= 0.6 is 0 Å². The fourth-order valence-corrected chi connectivity index (χ4v) is 3.46. The molecule has 0 amide bonds. The van der Waals surface area contributed by atoms with Crippen molar-refractivity contribution in [3.8, 4) is 11.1 Å². The summed E-state index contributed by atoms with van der Waals surface area (Å²) in [5.74, 6) is -1.41. The number of hydrogen-bond acceptors (Lipinski definition) is 0. The fourth-order valence-electron chi connectivity index (χ4n) is 3.46. The highest BCUT2D eigenvalue weighted by Gasteiger charge is 2.14. The number of benzene rings is 3. The Kier molecular flexibility index (Phi) is 6.03. The molecular formula is C24H26F2. The quantitative estimate of drug-likeness (QED) is 0.387. The van der Waals surface area contributed by atoms with Crippen molar-refractivity contribution >= 4 is 10.8 Å². The Hall–Kier alpha value is -2.22. The van der Waals surface area contributed by atoms with Gasteiger partial charge in [0.25, 0.3) is 0 Å². The van der Waals surface area contributed by atoms with Gasteiger partial charge in [0, 0.05) is 5.39 Å². The molecule has 0 aromatic heterocycles. The lowest BCUT2D eigenvalue weighted by atomic mass is 9.96. The zero-order valence-corrected chi connectivity index (χ0v) is 15.6. The Balaban J connectivity index is 1.95. The van der Waals surface area contributed by atoms with E-state index in [9.17, 15) is 8.78 Å². The second-order valence-electron chi connectivity index (χ2n) is 7.00. The molecule has 0 aliphatic heterocycles. The predicted molar refractivity (Wildman–Crippen MR) is 107 cm³/mol. The summed E-state index contributed by atoms with van der Waals surface area (Å²) in [6.45, 7) is 4.26. The van der Waals surface area contributed by atoms with Crippen LogP contribution in [-0.4, -0.2) is 0 Å². The molecule has 0 saturated carbocycles. The number of rotatable bonds is 7. The van der Waals surface area contributed by atoms with E-state index in [4.69, 9.17) is 0 Å². The molecule has 3 aromatic carbocycles. The first-order valence-corrected chi connectivity index (χ1v) is 9.64. The van der Waals surface area contributed by atoms with Gasteiger partial charge in [0.1, 0.15) is 0 Å². The van der Waals surface area contributed by atoms with E-state index in [0.717, 1.165) is 48.6 Å². The van der Waals surface area contributed by atoms with Crippen molar-refractivity contribution in [2.24, 2.45) is 0 Å². The highest BCUT2D eigenvalue weighted by molar-refractivity contribution is 5.88. The molecule has 0 nitrogen and oxygen atoms in total. The Morgan fingerprint density at radius 1 is 0.692 bits per heavy atom. The molecule has 0 bridgehead atoms. The maximum Gasteiger partial charge on any atom is 0.166 e. The van der Waals surface area contributed by atoms with Gasteiger partial charge in [0.2, 0.25) is 0 Å². The van der Waals surface area contributed by atoms with Crippen LogP contribution in [0.2, 0.25) is 0 Å². The van der Waals surface area contributed by atoms with Gasteiger partial charge < -0.3 is 0 Å². The van der Waals surface area contributed by atoms with Crippen LogP contribution < -0.4 is 0 Å². The van der Waals surface area contributed by atoms with Gasteiger partial charge >= 0.3 is 0 Å². The molecule has 0 heterocycles. The molecular weight excluding hydrogens is 326 g/mol. The topological polar surface area (TPSA) is 0 Å². The van der Waals surface area contributed by atoms with Crippen LogP contribution in [0.25, 0.3) is 21.9 Å². The molecule has 0 aliphatic carbocycles. The molecule has 0 spiro atoms. The molecule has 26 heavy (non-hydrogen) atoms. The normalized spacial score (nSPS) is 11.2. The Morgan fingerprint density at radius 3 is 2.12 bits per heavy atom. The summed E-state index contributed by atoms with van der Waals surface area (Å²) in [5.41, 5.74) is 3.72. The smallest absolute Gasteiger partial charge is 0.166 e. The van der Waals surface area contributed by atoms with E-state index in [0.29, 0.717) is 17.4 Å². The number of aryl methyl sites for hydroxylation is 2. The van der Waals surface area contributed by atoms with Crippen LogP contribution in [0.1, 0.15) is 50.7 Å². The Bertz CT molecular complexity index is 879. The lowest BCUT2D eigenvalue weighted by molar-refractivity contribution is 0.504. The summed E-state index contributed by atoms with van der Waals surface area (Å²) < 4.78 is 29.1. The average Bonchev–Trinajstić information content (AvgIpc) is 2.66. The minimum atomic E-state index is -0.724. The third-order valence-electron chi connectivity index (χ3n) is 4.97. The average molecular weight is 352 g/mol. The first-order chi connectivity index (χ1) is 12.6. The molecule has 0 aliphatic rings. The third-order valence-corrected chi connectivity index (χ3v) is 4.97. The summed E-state index contributed by atoms with van der Waals surface area (Å²) in [6, 6.07) is 15.8. The first-order valence-electron chi connectivity index (χ1n) is 9.64. The van der Waals surface area contributed by atoms with Gasteiger partial charge in [0.05, 0.1) is 0 Å². The Morgan fingerprint density at radius 2 is 1.42 bits per heavy atom. The molecule has 0 radical (unpaired) electrons. The second kappa shape index (κ2) is 8.44. The van der Waals surface area contributed by atoms with E-state index in [1.54, 1.807) is 12.1 Å². The van der Waals surface area contributed by atoms with Gasteiger partial charge in [-0.25, -0.2) is 8.78 Å². The van der Waals surface area contributed by atoms with E-state index in [2.05, 4.69) is 38.1 Å². The minimum Gasteiger partial charge on any atom is -0.203 e. The summed E-state index contributed by atoms with van der Waals surface area (Å²) in [4.78, 5) is 0. The zero-order chi connectivity index (χ0) is 18.5. The third kappa shape index (κ3) is 3.95. The SMILES string of the molecule is CCCCCc1cc2ccc(-c3ccc(CCC)cc3)cc2c(F)c1F. The van der Waals surface area contributed by atoms with Gasteiger partial charge in [-0.3, -0.25) is 0 Å². The molecule has 0 unspecified atom stereocenters. The zero-order valence-electron chi connectivity index (χ0n) is 15.6. The van der Waals surface area contributed by atoms with Crippen LogP contribution in [0.5, 0.6) is 0 Å². The van der Waals surface area contributed by atoms with E-state index < -0.39 is 11.6 Å². The number of fused-ring (bicyclic) bond motifs is 1. The van der Waals surface area contributed by atoms with Crippen LogP contribution in [0.4, 0.5) is 8.78 Å². The maximum absolute atomic E-state index is 14.7. The van der Waals surface area contributed by atoms with Crippen LogP contribution in [-0.2, 0) is 12.8 Å². The van der Waals surface area contributed by atoms with Crippen LogP contribution in [0.3, 0.4) is 0 Å². The molecule has 0 N–H and O–H groups in total. The van der Waals surface area contributed by atoms with Crippen molar-refractivity contribution in [2.45, 2.75) is 52.4 Å². The van der Waals surface area contributed by atoms with Crippen molar-refractivity contribution in [1.82, 2.24) is 0 Å². The lowest BCUT2D eigenvalue weighted by Gasteiger charge is -2.10. The number of hydrogen-bond donors (Lipinski definition) is 0. The molecule has 0 saturated heterocycles. The van der Waals surface area contributed by atoms with Crippen molar-refractivity contribution in [2.75, 3.05) is 0 Å². The fraction of sp³-hybridized carbons (Fsp3) is 0.333. The van der Waals surface area contributed by atoms with Crippen molar-refractivity contribution in [1.29, 1.82) is 0 Å². The van der Waals surface area contributed by atoms with Crippen LogP contribution in [0.15, 0.2) is 48.5 Å². The van der Waals surface area contributed by atoms with E-state index in [1.165, 1.54) is 5.56 Å². The van der Waals surface area contributed by atoms with Gasteiger partial charge in [-0.15, -0.1) is 0 Å². The molecule has 0 fully saturated rings. The summed E-state index contributed by atoms with van der Waals surface area (Å²) in [6.07, 6.45) is 5.75. The monoisotopic (exact) mass is 352 g/mol.